The smallest absolute Gasteiger partial charge is 0.332 e. The summed E-state index contributed by atoms with van der Waals surface area (Å²) in [7, 11) is 3.08. The molecule has 2 aromatic rings. The third kappa shape index (κ3) is 2.23. The van der Waals surface area contributed by atoms with E-state index in [0.717, 1.165) is 23.5 Å². The number of aromatic nitrogens is 4. The minimum Gasteiger partial charge on any atom is -0.356 e. The molecular weight excluding hydrogens is 258 g/mol. The van der Waals surface area contributed by atoms with E-state index in [-0.39, 0.29) is 11.2 Å². The number of fused-ring (bicyclic) bond motifs is 1. The Kier molecular flexibility index (Phi) is 3.11. The van der Waals surface area contributed by atoms with Gasteiger partial charge in [0.2, 0.25) is 5.95 Å². The SMILES string of the molecule is Cn1c(=O)c2[nH]c(NCCCC3CC3)nc2n(C)c1=O. The summed E-state index contributed by atoms with van der Waals surface area (Å²) in [6.45, 7) is 0.824. The van der Waals surface area contributed by atoms with Crippen molar-refractivity contribution in [2.75, 3.05) is 11.9 Å². The number of anilines is 1. The molecule has 20 heavy (non-hydrogen) atoms. The first-order chi connectivity index (χ1) is 9.58. The highest BCUT2D eigenvalue weighted by atomic mass is 16.2. The molecule has 0 unspecified atom stereocenters. The zero-order valence-electron chi connectivity index (χ0n) is 11.8. The quantitative estimate of drug-likeness (QED) is 0.782. The number of aromatic amines is 1. The van der Waals surface area contributed by atoms with Crippen molar-refractivity contribution in [2.24, 2.45) is 20.0 Å². The molecule has 108 valence electrons. The molecule has 1 fully saturated rings. The van der Waals surface area contributed by atoms with Gasteiger partial charge in [-0.2, -0.15) is 4.98 Å². The Morgan fingerprint density at radius 1 is 1.30 bits per heavy atom. The monoisotopic (exact) mass is 277 g/mol. The molecule has 0 radical (unpaired) electrons. The fraction of sp³-hybridized carbons (Fsp3) is 0.615. The van der Waals surface area contributed by atoms with E-state index in [1.54, 1.807) is 7.05 Å². The first-order valence-electron chi connectivity index (χ1n) is 6.97. The Bertz CT molecular complexity index is 750. The highest BCUT2D eigenvalue weighted by Crippen LogP contribution is 2.33. The van der Waals surface area contributed by atoms with Gasteiger partial charge >= 0.3 is 5.69 Å². The van der Waals surface area contributed by atoms with Crippen LogP contribution in [0.3, 0.4) is 0 Å². The van der Waals surface area contributed by atoms with Gasteiger partial charge in [-0.15, -0.1) is 0 Å². The van der Waals surface area contributed by atoms with Crippen molar-refractivity contribution < 1.29 is 0 Å². The van der Waals surface area contributed by atoms with Gasteiger partial charge in [0.15, 0.2) is 11.2 Å². The van der Waals surface area contributed by atoms with Crippen molar-refractivity contribution in [3.8, 4) is 0 Å². The number of nitrogens with zero attached hydrogens (tertiary/aromatic N) is 3. The van der Waals surface area contributed by atoms with Crippen molar-refractivity contribution in [3.63, 3.8) is 0 Å². The van der Waals surface area contributed by atoms with Gasteiger partial charge in [-0.1, -0.05) is 12.8 Å². The maximum absolute atomic E-state index is 12.0. The molecule has 0 aliphatic heterocycles. The molecule has 0 aromatic carbocycles. The van der Waals surface area contributed by atoms with Crippen LogP contribution in [0.25, 0.3) is 11.2 Å². The lowest BCUT2D eigenvalue weighted by Crippen LogP contribution is -2.36. The number of aryl methyl sites for hydroxylation is 1. The molecule has 0 atom stereocenters. The molecule has 3 rings (SSSR count). The summed E-state index contributed by atoms with van der Waals surface area (Å²) < 4.78 is 2.46. The normalized spacial score (nSPS) is 14.9. The van der Waals surface area contributed by atoms with Crippen molar-refractivity contribution in [1.82, 2.24) is 19.1 Å². The van der Waals surface area contributed by atoms with Crippen LogP contribution in [0.1, 0.15) is 25.7 Å². The molecule has 0 amide bonds. The Hall–Kier alpha value is -2.05. The molecular formula is C13H19N5O2. The van der Waals surface area contributed by atoms with Gasteiger partial charge in [0.1, 0.15) is 0 Å². The molecule has 2 N–H and O–H groups in total. The van der Waals surface area contributed by atoms with E-state index in [9.17, 15) is 9.59 Å². The maximum atomic E-state index is 12.0. The van der Waals surface area contributed by atoms with E-state index in [2.05, 4.69) is 15.3 Å². The van der Waals surface area contributed by atoms with Gasteiger partial charge in [0, 0.05) is 20.6 Å². The van der Waals surface area contributed by atoms with Crippen LogP contribution in [0.15, 0.2) is 9.59 Å². The van der Waals surface area contributed by atoms with Gasteiger partial charge in [0.25, 0.3) is 5.56 Å². The molecule has 7 heteroatoms. The minimum absolute atomic E-state index is 0.346. The summed E-state index contributed by atoms with van der Waals surface area (Å²) in [5.74, 6) is 1.47. The van der Waals surface area contributed by atoms with Crippen LogP contribution in [0.4, 0.5) is 5.95 Å². The third-order valence-corrected chi connectivity index (χ3v) is 3.87. The van der Waals surface area contributed by atoms with Gasteiger partial charge in [0.05, 0.1) is 0 Å². The molecule has 2 heterocycles. The summed E-state index contributed by atoms with van der Waals surface area (Å²) in [4.78, 5) is 31.1. The fourth-order valence-corrected chi connectivity index (χ4v) is 2.41. The van der Waals surface area contributed by atoms with Crippen molar-refractivity contribution in [1.29, 1.82) is 0 Å². The maximum Gasteiger partial charge on any atom is 0.332 e. The van der Waals surface area contributed by atoms with Crippen LogP contribution in [-0.2, 0) is 14.1 Å². The second-order valence-electron chi connectivity index (χ2n) is 5.50. The zero-order valence-corrected chi connectivity index (χ0v) is 11.8. The van der Waals surface area contributed by atoms with E-state index in [0.29, 0.717) is 17.1 Å². The number of hydrogen-bond acceptors (Lipinski definition) is 4. The standard InChI is InChI=1S/C13H19N5O2/c1-17-10-9(11(19)18(2)13(17)20)15-12(16-10)14-7-3-4-8-5-6-8/h8H,3-7H2,1-2H3,(H2,14,15,16). The van der Waals surface area contributed by atoms with Crippen molar-refractivity contribution >= 4 is 17.1 Å². The predicted molar refractivity (Wildman–Crippen MR) is 77.0 cm³/mol. The zero-order chi connectivity index (χ0) is 14.3. The molecule has 1 aliphatic carbocycles. The van der Waals surface area contributed by atoms with Crippen molar-refractivity contribution in [2.45, 2.75) is 25.7 Å². The lowest BCUT2D eigenvalue weighted by Gasteiger charge is -2.01. The van der Waals surface area contributed by atoms with Crippen LogP contribution >= 0.6 is 0 Å². The molecule has 1 aliphatic rings. The highest BCUT2D eigenvalue weighted by Gasteiger charge is 2.20. The van der Waals surface area contributed by atoms with Crippen LogP contribution in [-0.4, -0.2) is 25.6 Å². The van der Waals surface area contributed by atoms with Crippen molar-refractivity contribution in [3.05, 3.63) is 20.8 Å². The second-order valence-corrected chi connectivity index (χ2v) is 5.50. The van der Waals surface area contributed by atoms with Gasteiger partial charge < -0.3 is 10.3 Å². The van der Waals surface area contributed by atoms with Gasteiger partial charge in [-0.3, -0.25) is 13.9 Å². The number of nitrogens with one attached hydrogen (secondary N) is 2. The van der Waals surface area contributed by atoms with E-state index < -0.39 is 0 Å². The van der Waals surface area contributed by atoms with Crippen LogP contribution in [0.2, 0.25) is 0 Å². The molecule has 0 saturated heterocycles. The average molecular weight is 277 g/mol. The lowest BCUT2D eigenvalue weighted by molar-refractivity contribution is 0.686. The van der Waals surface area contributed by atoms with Crippen LogP contribution in [0, 0.1) is 5.92 Å². The first-order valence-corrected chi connectivity index (χ1v) is 6.97. The summed E-state index contributed by atoms with van der Waals surface area (Å²) >= 11 is 0. The van der Waals surface area contributed by atoms with Gasteiger partial charge in [-0.05, 0) is 18.8 Å². The third-order valence-electron chi connectivity index (χ3n) is 3.87. The van der Waals surface area contributed by atoms with E-state index in [1.165, 1.54) is 30.9 Å². The molecule has 0 bridgehead atoms. The van der Waals surface area contributed by atoms with E-state index in [4.69, 9.17) is 0 Å². The van der Waals surface area contributed by atoms with Crippen LogP contribution < -0.4 is 16.6 Å². The van der Waals surface area contributed by atoms with Gasteiger partial charge in [-0.25, -0.2) is 4.79 Å². The number of rotatable bonds is 5. The topological polar surface area (TPSA) is 84.7 Å². The molecule has 2 aromatic heterocycles. The Balaban J connectivity index is 1.82. The number of hydrogen-bond donors (Lipinski definition) is 2. The highest BCUT2D eigenvalue weighted by molar-refractivity contribution is 5.72. The predicted octanol–water partition coefficient (Wildman–Crippen LogP) is 0.562. The number of H-pyrrole nitrogens is 1. The molecule has 7 nitrogen and oxygen atoms in total. The summed E-state index contributed by atoms with van der Waals surface area (Å²) in [6.07, 6.45) is 5.07. The summed E-state index contributed by atoms with van der Waals surface area (Å²) in [5, 5.41) is 3.18. The minimum atomic E-state index is -0.366. The molecule has 0 spiro atoms. The number of imidazole rings is 1. The van der Waals surface area contributed by atoms with E-state index in [1.807, 2.05) is 0 Å². The summed E-state index contributed by atoms with van der Waals surface area (Å²) in [5.41, 5.74) is 0.0398. The Morgan fingerprint density at radius 2 is 2.05 bits per heavy atom. The second kappa shape index (κ2) is 4.81. The average Bonchev–Trinajstić information content (AvgIpc) is 3.17. The Labute approximate surface area is 115 Å². The fourth-order valence-electron chi connectivity index (χ4n) is 2.41. The lowest BCUT2D eigenvalue weighted by atomic mass is 10.2. The largest absolute Gasteiger partial charge is 0.356 e. The van der Waals surface area contributed by atoms with Crippen LogP contribution in [0.5, 0.6) is 0 Å². The summed E-state index contributed by atoms with van der Waals surface area (Å²) in [6, 6.07) is 0. The Morgan fingerprint density at radius 3 is 2.75 bits per heavy atom. The first kappa shape index (κ1) is 13.0. The van der Waals surface area contributed by atoms with E-state index >= 15 is 0 Å². The molecule has 1 saturated carbocycles.